The molecule has 0 atom stereocenters. The first kappa shape index (κ1) is 14.8. The molecule has 1 aliphatic carbocycles. The van der Waals surface area contributed by atoms with Gasteiger partial charge in [-0.05, 0) is 30.9 Å². The SMILES string of the molecule is CC(C)CN(c1c(F)cccc1C(=O)O)C1CCCC1. The monoisotopic (exact) mass is 279 g/mol. The quantitative estimate of drug-likeness (QED) is 0.887. The molecule has 1 saturated carbocycles. The van der Waals surface area contributed by atoms with Crippen LogP contribution in [0.5, 0.6) is 0 Å². The lowest BCUT2D eigenvalue weighted by atomic mass is 10.1. The molecule has 0 spiro atoms. The maximum atomic E-state index is 14.3. The third-order valence-corrected chi connectivity index (χ3v) is 3.83. The second kappa shape index (κ2) is 6.25. The molecule has 2 rings (SSSR count). The molecule has 1 N–H and O–H groups in total. The zero-order valence-corrected chi connectivity index (χ0v) is 12.1. The van der Waals surface area contributed by atoms with E-state index in [2.05, 4.69) is 13.8 Å². The molecule has 0 amide bonds. The molecule has 0 bridgehead atoms. The number of carbonyl (C=O) groups is 1. The van der Waals surface area contributed by atoms with Gasteiger partial charge >= 0.3 is 5.97 Å². The summed E-state index contributed by atoms with van der Waals surface area (Å²) in [5, 5.41) is 9.32. The minimum absolute atomic E-state index is 0.0672. The van der Waals surface area contributed by atoms with Crippen molar-refractivity contribution in [2.45, 2.75) is 45.6 Å². The lowest BCUT2D eigenvalue weighted by Gasteiger charge is -2.34. The third-order valence-electron chi connectivity index (χ3n) is 3.83. The van der Waals surface area contributed by atoms with Crippen LogP contribution in [0.4, 0.5) is 10.1 Å². The van der Waals surface area contributed by atoms with E-state index in [9.17, 15) is 14.3 Å². The Bertz CT molecular complexity index is 481. The number of anilines is 1. The predicted molar refractivity (Wildman–Crippen MR) is 77.8 cm³/mol. The smallest absolute Gasteiger partial charge is 0.337 e. The Balaban J connectivity index is 2.44. The van der Waals surface area contributed by atoms with E-state index in [1.54, 1.807) is 0 Å². The molecule has 1 aliphatic rings. The summed E-state index contributed by atoms with van der Waals surface area (Å²) in [5.41, 5.74) is 0.332. The fourth-order valence-electron chi connectivity index (χ4n) is 3.01. The maximum Gasteiger partial charge on any atom is 0.337 e. The van der Waals surface area contributed by atoms with Gasteiger partial charge in [-0.1, -0.05) is 32.8 Å². The molecular weight excluding hydrogens is 257 g/mol. The normalized spacial score (nSPS) is 15.8. The third kappa shape index (κ3) is 3.11. The molecule has 0 radical (unpaired) electrons. The van der Waals surface area contributed by atoms with Gasteiger partial charge in [-0.3, -0.25) is 0 Å². The summed E-state index contributed by atoms with van der Waals surface area (Å²) in [6, 6.07) is 4.56. The Labute approximate surface area is 119 Å². The second-order valence-corrected chi connectivity index (χ2v) is 5.93. The summed E-state index contributed by atoms with van der Waals surface area (Å²) < 4.78 is 14.3. The minimum atomic E-state index is -1.06. The van der Waals surface area contributed by atoms with Crippen molar-refractivity contribution in [1.82, 2.24) is 0 Å². The standard InChI is InChI=1S/C16H22FNO2/c1-11(2)10-18(12-6-3-4-7-12)15-13(16(19)20)8-5-9-14(15)17/h5,8-9,11-12H,3-4,6-7,10H2,1-2H3,(H,19,20). The molecule has 0 aliphatic heterocycles. The van der Waals surface area contributed by atoms with Crippen molar-refractivity contribution in [3.63, 3.8) is 0 Å². The van der Waals surface area contributed by atoms with Gasteiger partial charge in [0.25, 0.3) is 0 Å². The number of para-hydroxylation sites is 1. The molecule has 4 heteroatoms. The highest BCUT2D eigenvalue weighted by Crippen LogP contribution is 2.33. The van der Waals surface area contributed by atoms with Crippen molar-refractivity contribution in [3.05, 3.63) is 29.6 Å². The maximum absolute atomic E-state index is 14.3. The highest BCUT2D eigenvalue weighted by Gasteiger charge is 2.28. The van der Waals surface area contributed by atoms with Crippen LogP contribution in [0.15, 0.2) is 18.2 Å². The molecule has 0 heterocycles. The highest BCUT2D eigenvalue weighted by atomic mass is 19.1. The van der Waals surface area contributed by atoms with Gasteiger partial charge in [-0.15, -0.1) is 0 Å². The van der Waals surface area contributed by atoms with Gasteiger partial charge in [0, 0.05) is 12.6 Å². The first-order valence-corrected chi connectivity index (χ1v) is 7.29. The van der Waals surface area contributed by atoms with E-state index in [-0.39, 0.29) is 17.3 Å². The Kier molecular flexibility index (Phi) is 4.63. The summed E-state index contributed by atoms with van der Waals surface area (Å²) in [4.78, 5) is 13.4. The van der Waals surface area contributed by atoms with E-state index in [1.807, 2.05) is 4.90 Å². The van der Waals surface area contributed by atoms with Crippen molar-refractivity contribution >= 4 is 11.7 Å². The molecule has 20 heavy (non-hydrogen) atoms. The van der Waals surface area contributed by atoms with E-state index >= 15 is 0 Å². The van der Waals surface area contributed by atoms with E-state index in [0.29, 0.717) is 12.5 Å². The van der Waals surface area contributed by atoms with Crippen molar-refractivity contribution in [3.8, 4) is 0 Å². The first-order chi connectivity index (χ1) is 9.50. The zero-order valence-electron chi connectivity index (χ0n) is 12.1. The molecular formula is C16H22FNO2. The number of hydrogen-bond acceptors (Lipinski definition) is 2. The van der Waals surface area contributed by atoms with Gasteiger partial charge in [-0.25, -0.2) is 9.18 Å². The van der Waals surface area contributed by atoms with Crippen molar-refractivity contribution < 1.29 is 14.3 Å². The topological polar surface area (TPSA) is 40.5 Å². The van der Waals surface area contributed by atoms with Crippen LogP contribution in [0.25, 0.3) is 0 Å². The average molecular weight is 279 g/mol. The molecule has 110 valence electrons. The van der Waals surface area contributed by atoms with Gasteiger partial charge in [-0.2, -0.15) is 0 Å². The van der Waals surface area contributed by atoms with Crippen molar-refractivity contribution in [2.75, 3.05) is 11.4 Å². The Morgan fingerprint density at radius 2 is 2.05 bits per heavy atom. The number of carboxylic acid groups (broad SMARTS) is 1. The molecule has 1 fully saturated rings. The number of benzene rings is 1. The Morgan fingerprint density at radius 1 is 1.40 bits per heavy atom. The van der Waals surface area contributed by atoms with Crippen LogP contribution >= 0.6 is 0 Å². The van der Waals surface area contributed by atoms with E-state index in [4.69, 9.17) is 0 Å². The van der Waals surface area contributed by atoms with Crippen LogP contribution in [0.2, 0.25) is 0 Å². The lowest BCUT2D eigenvalue weighted by Crippen LogP contribution is -2.38. The Hall–Kier alpha value is -1.58. The van der Waals surface area contributed by atoms with Crippen LogP contribution in [0.1, 0.15) is 49.9 Å². The van der Waals surface area contributed by atoms with Gasteiger partial charge in [0.15, 0.2) is 0 Å². The molecule has 0 unspecified atom stereocenters. The van der Waals surface area contributed by atoms with Gasteiger partial charge in [0.1, 0.15) is 5.82 Å². The lowest BCUT2D eigenvalue weighted by molar-refractivity contribution is 0.0697. The van der Waals surface area contributed by atoms with Gasteiger partial charge < -0.3 is 10.0 Å². The molecule has 1 aromatic carbocycles. The van der Waals surface area contributed by atoms with Gasteiger partial charge in [0.05, 0.1) is 11.3 Å². The van der Waals surface area contributed by atoms with Crippen LogP contribution in [-0.2, 0) is 0 Å². The second-order valence-electron chi connectivity index (χ2n) is 5.93. The summed E-state index contributed by atoms with van der Waals surface area (Å²) in [7, 11) is 0. The number of hydrogen-bond donors (Lipinski definition) is 1. The van der Waals surface area contributed by atoms with Crippen molar-refractivity contribution in [2.24, 2.45) is 5.92 Å². The number of halogens is 1. The largest absolute Gasteiger partial charge is 0.478 e. The fourth-order valence-corrected chi connectivity index (χ4v) is 3.01. The fraction of sp³-hybridized carbons (Fsp3) is 0.562. The average Bonchev–Trinajstić information content (AvgIpc) is 2.89. The zero-order chi connectivity index (χ0) is 14.7. The van der Waals surface area contributed by atoms with E-state index in [0.717, 1.165) is 25.7 Å². The number of carboxylic acids is 1. The summed E-state index contributed by atoms with van der Waals surface area (Å²) in [6.45, 7) is 4.83. The summed E-state index contributed by atoms with van der Waals surface area (Å²) in [5.74, 6) is -1.14. The van der Waals surface area contributed by atoms with E-state index in [1.165, 1.54) is 18.2 Å². The van der Waals surface area contributed by atoms with Crippen LogP contribution in [-0.4, -0.2) is 23.7 Å². The first-order valence-electron chi connectivity index (χ1n) is 7.29. The highest BCUT2D eigenvalue weighted by molar-refractivity contribution is 5.94. The summed E-state index contributed by atoms with van der Waals surface area (Å²) >= 11 is 0. The van der Waals surface area contributed by atoms with Crippen LogP contribution in [0.3, 0.4) is 0 Å². The molecule has 3 nitrogen and oxygen atoms in total. The molecule has 0 aromatic heterocycles. The molecule has 0 saturated heterocycles. The van der Waals surface area contributed by atoms with Crippen LogP contribution in [0, 0.1) is 11.7 Å². The van der Waals surface area contributed by atoms with Crippen molar-refractivity contribution in [1.29, 1.82) is 0 Å². The summed E-state index contributed by atoms with van der Waals surface area (Å²) in [6.07, 6.45) is 4.30. The Morgan fingerprint density at radius 3 is 2.60 bits per heavy atom. The number of rotatable bonds is 5. The minimum Gasteiger partial charge on any atom is -0.478 e. The molecule has 1 aromatic rings. The predicted octanol–water partition coefficient (Wildman–Crippen LogP) is 3.93. The van der Waals surface area contributed by atoms with Crippen LogP contribution < -0.4 is 4.90 Å². The number of nitrogens with zero attached hydrogens (tertiary/aromatic N) is 1. The number of aromatic carboxylic acids is 1. The van der Waals surface area contributed by atoms with Gasteiger partial charge in [0.2, 0.25) is 0 Å². The van der Waals surface area contributed by atoms with E-state index < -0.39 is 11.8 Å².